The van der Waals surface area contributed by atoms with Gasteiger partial charge in [-0.05, 0) is 43.0 Å². The summed E-state index contributed by atoms with van der Waals surface area (Å²) >= 11 is 0. The number of nitrogens with zero attached hydrogens (tertiary/aromatic N) is 1. The van der Waals surface area contributed by atoms with Crippen molar-refractivity contribution in [3.8, 4) is 5.75 Å². The number of benzene rings is 1. The SMILES string of the molecule is Cc1cc(O)ccc1C1(N2CCOCC2)CCCCC1. The predicted molar refractivity (Wildman–Crippen MR) is 80.0 cm³/mol. The van der Waals surface area contributed by atoms with Gasteiger partial charge in [-0.25, -0.2) is 0 Å². The minimum absolute atomic E-state index is 0.166. The Hall–Kier alpha value is -1.06. The van der Waals surface area contributed by atoms with E-state index in [2.05, 4.69) is 17.9 Å². The highest BCUT2D eigenvalue weighted by Gasteiger charge is 2.40. The van der Waals surface area contributed by atoms with Crippen molar-refractivity contribution < 1.29 is 9.84 Å². The first-order valence-corrected chi connectivity index (χ1v) is 7.85. The Bertz CT molecular complexity index is 460. The molecular weight excluding hydrogens is 250 g/mol. The number of hydrogen-bond donors (Lipinski definition) is 1. The third kappa shape index (κ3) is 2.45. The van der Waals surface area contributed by atoms with Crippen molar-refractivity contribution in [2.45, 2.75) is 44.6 Å². The van der Waals surface area contributed by atoms with Crippen LogP contribution in [0.5, 0.6) is 5.75 Å². The van der Waals surface area contributed by atoms with Gasteiger partial charge in [0.2, 0.25) is 0 Å². The maximum Gasteiger partial charge on any atom is 0.115 e. The molecule has 0 atom stereocenters. The molecule has 1 aliphatic carbocycles. The highest BCUT2D eigenvalue weighted by atomic mass is 16.5. The number of rotatable bonds is 2. The van der Waals surface area contributed by atoms with Crippen LogP contribution in [0.3, 0.4) is 0 Å². The number of hydrogen-bond acceptors (Lipinski definition) is 3. The van der Waals surface area contributed by atoms with Gasteiger partial charge in [-0.2, -0.15) is 0 Å². The molecule has 1 aromatic rings. The molecule has 2 fully saturated rings. The molecule has 3 rings (SSSR count). The average molecular weight is 275 g/mol. The topological polar surface area (TPSA) is 32.7 Å². The van der Waals surface area contributed by atoms with Gasteiger partial charge in [0.15, 0.2) is 0 Å². The minimum Gasteiger partial charge on any atom is -0.508 e. The molecule has 0 bridgehead atoms. The van der Waals surface area contributed by atoms with Gasteiger partial charge in [-0.3, -0.25) is 4.90 Å². The largest absolute Gasteiger partial charge is 0.508 e. The quantitative estimate of drug-likeness (QED) is 0.899. The molecule has 1 aliphatic heterocycles. The first kappa shape index (κ1) is 13.9. The fraction of sp³-hybridized carbons (Fsp3) is 0.647. The maximum atomic E-state index is 9.70. The van der Waals surface area contributed by atoms with Crippen LogP contribution in [0.2, 0.25) is 0 Å². The number of aryl methyl sites for hydroxylation is 1. The van der Waals surface area contributed by atoms with Gasteiger partial charge in [-0.1, -0.05) is 25.3 Å². The van der Waals surface area contributed by atoms with E-state index in [0.717, 1.165) is 26.3 Å². The van der Waals surface area contributed by atoms with E-state index >= 15 is 0 Å². The Balaban J connectivity index is 1.99. The monoisotopic (exact) mass is 275 g/mol. The molecule has 1 saturated heterocycles. The van der Waals surface area contributed by atoms with E-state index in [1.54, 1.807) is 0 Å². The van der Waals surface area contributed by atoms with Crippen LogP contribution in [0.1, 0.15) is 43.2 Å². The van der Waals surface area contributed by atoms with Crippen molar-refractivity contribution in [2.75, 3.05) is 26.3 Å². The fourth-order valence-electron chi connectivity index (χ4n) is 4.05. The van der Waals surface area contributed by atoms with Crippen molar-refractivity contribution in [1.29, 1.82) is 0 Å². The lowest BCUT2D eigenvalue weighted by Crippen LogP contribution is -2.52. The molecule has 20 heavy (non-hydrogen) atoms. The van der Waals surface area contributed by atoms with Crippen molar-refractivity contribution in [2.24, 2.45) is 0 Å². The first-order chi connectivity index (χ1) is 9.72. The molecule has 0 aromatic heterocycles. The van der Waals surface area contributed by atoms with Gasteiger partial charge in [-0.15, -0.1) is 0 Å². The fourth-order valence-corrected chi connectivity index (χ4v) is 4.05. The molecule has 3 heteroatoms. The zero-order valence-electron chi connectivity index (χ0n) is 12.4. The zero-order valence-corrected chi connectivity index (χ0v) is 12.4. The summed E-state index contributed by atoms with van der Waals surface area (Å²) in [6, 6.07) is 5.90. The molecule has 2 aliphatic rings. The first-order valence-electron chi connectivity index (χ1n) is 7.85. The van der Waals surface area contributed by atoms with Crippen LogP contribution in [0, 0.1) is 6.92 Å². The number of aromatic hydroxyl groups is 1. The van der Waals surface area contributed by atoms with Crippen molar-refractivity contribution in [3.05, 3.63) is 29.3 Å². The van der Waals surface area contributed by atoms with Crippen LogP contribution in [0.25, 0.3) is 0 Å². The van der Waals surface area contributed by atoms with Crippen LogP contribution in [-0.4, -0.2) is 36.3 Å². The van der Waals surface area contributed by atoms with E-state index in [0.29, 0.717) is 5.75 Å². The molecular formula is C17H25NO2. The normalized spacial score (nSPS) is 23.6. The molecule has 1 heterocycles. The molecule has 1 saturated carbocycles. The van der Waals surface area contributed by atoms with Crippen LogP contribution >= 0.6 is 0 Å². The predicted octanol–water partition coefficient (Wildman–Crippen LogP) is 3.19. The molecule has 3 nitrogen and oxygen atoms in total. The van der Waals surface area contributed by atoms with Gasteiger partial charge >= 0.3 is 0 Å². The van der Waals surface area contributed by atoms with Crippen LogP contribution in [0.4, 0.5) is 0 Å². The Labute approximate surface area is 121 Å². The lowest BCUT2D eigenvalue weighted by molar-refractivity contribution is -0.0406. The molecule has 0 spiro atoms. The van der Waals surface area contributed by atoms with Gasteiger partial charge in [0, 0.05) is 18.6 Å². The van der Waals surface area contributed by atoms with E-state index in [9.17, 15) is 5.11 Å². The number of phenols is 1. The third-order valence-electron chi connectivity index (χ3n) is 5.01. The second kappa shape index (κ2) is 5.74. The van der Waals surface area contributed by atoms with E-state index in [1.807, 2.05) is 12.1 Å². The van der Waals surface area contributed by atoms with Crippen LogP contribution < -0.4 is 0 Å². The summed E-state index contributed by atoms with van der Waals surface area (Å²) < 4.78 is 5.54. The Kier molecular flexibility index (Phi) is 3.99. The molecule has 1 aromatic carbocycles. The summed E-state index contributed by atoms with van der Waals surface area (Å²) in [6.07, 6.45) is 6.43. The van der Waals surface area contributed by atoms with E-state index < -0.39 is 0 Å². The van der Waals surface area contributed by atoms with Gasteiger partial charge < -0.3 is 9.84 Å². The average Bonchev–Trinajstić information content (AvgIpc) is 2.49. The highest BCUT2D eigenvalue weighted by Crippen LogP contribution is 2.44. The van der Waals surface area contributed by atoms with E-state index in [4.69, 9.17) is 4.74 Å². The Morgan fingerprint density at radius 1 is 1.10 bits per heavy atom. The minimum atomic E-state index is 0.166. The van der Waals surface area contributed by atoms with E-state index in [1.165, 1.54) is 43.2 Å². The van der Waals surface area contributed by atoms with Crippen LogP contribution in [0.15, 0.2) is 18.2 Å². The summed E-state index contributed by atoms with van der Waals surface area (Å²) in [6.45, 7) is 5.88. The molecule has 0 amide bonds. The molecule has 0 radical (unpaired) electrons. The summed E-state index contributed by atoms with van der Waals surface area (Å²) in [5.41, 5.74) is 2.80. The van der Waals surface area contributed by atoms with Crippen molar-refractivity contribution in [3.63, 3.8) is 0 Å². The van der Waals surface area contributed by atoms with Gasteiger partial charge in [0.1, 0.15) is 5.75 Å². The Morgan fingerprint density at radius 2 is 1.80 bits per heavy atom. The Morgan fingerprint density at radius 3 is 2.45 bits per heavy atom. The third-order valence-corrected chi connectivity index (χ3v) is 5.01. The molecule has 110 valence electrons. The van der Waals surface area contributed by atoms with Crippen LogP contribution in [-0.2, 0) is 10.3 Å². The maximum absolute atomic E-state index is 9.70. The van der Waals surface area contributed by atoms with Gasteiger partial charge in [0.25, 0.3) is 0 Å². The second-order valence-corrected chi connectivity index (χ2v) is 6.19. The highest BCUT2D eigenvalue weighted by molar-refractivity contribution is 5.39. The summed E-state index contributed by atoms with van der Waals surface area (Å²) in [4.78, 5) is 2.63. The van der Waals surface area contributed by atoms with E-state index in [-0.39, 0.29) is 5.54 Å². The number of phenolic OH excluding ortho intramolecular Hbond substituents is 1. The zero-order chi connectivity index (χ0) is 14.0. The number of morpholine rings is 1. The standard InChI is InChI=1S/C17H25NO2/c1-14-13-15(19)5-6-16(14)17(7-3-2-4-8-17)18-9-11-20-12-10-18/h5-6,13,19H,2-4,7-12H2,1H3. The molecule has 0 unspecified atom stereocenters. The number of ether oxygens (including phenoxy) is 1. The molecule has 1 N–H and O–H groups in total. The summed E-state index contributed by atoms with van der Waals surface area (Å²) in [5.74, 6) is 0.374. The lowest BCUT2D eigenvalue weighted by Gasteiger charge is -2.49. The smallest absolute Gasteiger partial charge is 0.115 e. The summed E-state index contributed by atoms with van der Waals surface area (Å²) in [7, 11) is 0. The van der Waals surface area contributed by atoms with Gasteiger partial charge in [0.05, 0.1) is 13.2 Å². The van der Waals surface area contributed by atoms with Crippen molar-refractivity contribution >= 4 is 0 Å². The summed E-state index contributed by atoms with van der Waals surface area (Å²) in [5, 5.41) is 9.70. The van der Waals surface area contributed by atoms with Crippen molar-refractivity contribution in [1.82, 2.24) is 4.90 Å². The lowest BCUT2D eigenvalue weighted by atomic mass is 9.73. The second-order valence-electron chi connectivity index (χ2n) is 6.19.